The lowest BCUT2D eigenvalue weighted by Gasteiger charge is -2.34. The lowest BCUT2D eigenvalue weighted by Crippen LogP contribution is -2.50. The Labute approximate surface area is 219 Å². The molecule has 35 heavy (non-hydrogen) atoms. The van der Waals surface area contributed by atoms with Crippen LogP contribution in [0.4, 0.5) is 0 Å². The molecule has 1 aliphatic heterocycles. The third kappa shape index (κ3) is 5.83. The first-order valence-corrected chi connectivity index (χ1v) is 13.7. The summed E-state index contributed by atoms with van der Waals surface area (Å²) in [5, 5.41) is 10.2. The van der Waals surface area contributed by atoms with E-state index in [9.17, 15) is 18.5 Å². The lowest BCUT2D eigenvalue weighted by molar-refractivity contribution is 0.0697. The summed E-state index contributed by atoms with van der Waals surface area (Å²) in [5.74, 6) is -0.119. The summed E-state index contributed by atoms with van der Waals surface area (Å²) in [6.45, 7) is 2.78. The van der Waals surface area contributed by atoms with E-state index in [-0.39, 0.29) is 42.5 Å². The van der Waals surface area contributed by atoms with Gasteiger partial charge in [-0.25, -0.2) is 8.42 Å². The van der Waals surface area contributed by atoms with Crippen molar-refractivity contribution in [2.45, 2.75) is 21.6 Å². The molecule has 1 amide bonds. The summed E-state index contributed by atoms with van der Waals surface area (Å²) in [4.78, 5) is 15.7. The maximum Gasteiger partial charge on any atom is 0.253 e. The van der Waals surface area contributed by atoms with Crippen LogP contribution < -0.4 is 0 Å². The predicted octanol–water partition coefficient (Wildman–Crippen LogP) is 5.47. The molecule has 0 spiro atoms. The van der Waals surface area contributed by atoms with E-state index in [1.165, 1.54) is 22.1 Å². The van der Waals surface area contributed by atoms with E-state index in [1.54, 1.807) is 41.3 Å². The van der Waals surface area contributed by atoms with Crippen LogP contribution in [0.3, 0.4) is 0 Å². The van der Waals surface area contributed by atoms with Crippen molar-refractivity contribution in [1.82, 2.24) is 9.21 Å². The number of carbonyl (C=O) groups excluding carboxylic acids is 1. The molecule has 6 nitrogen and oxygen atoms in total. The third-order valence-electron chi connectivity index (χ3n) is 5.55. The van der Waals surface area contributed by atoms with Crippen molar-refractivity contribution in [3.8, 4) is 6.07 Å². The van der Waals surface area contributed by atoms with Gasteiger partial charge in [0.05, 0.1) is 16.5 Å². The topological polar surface area (TPSA) is 81.5 Å². The molecule has 3 aromatic rings. The van der Waals surface area contributed by atoms with E-state index >= 15 is 0 Å². The number of hydrogen-bond acceptors (Lipinski definition) is 5. The van der Waals surface area contributed by atoms with Crippen molar-refractivity contribution in [2.75, 3.05) is 26.2 Å². The molecule has 0 N–H and O–H groups in total. The van der Waals surface area contributed by atoms with Crippen LogP contribution in [0.2, 0.25) is 10.0 Å². The van der Waals surface area contributed by atoms with Crippen molar-refractivity contribution >= 4 is 50.9 Å². The van der Waals surface area contributed by atoms with Crippen molar-refractivity contribution in [1.29, 1.82) is 5.26 Å². The molecule has 3 aromatic carbocycles. The number of nitrogens with zero attached hydrogens (tertiary/aromatic N) is 3. The number of sulfonamides is 1. The van der Waals surface area contributed by atoms with Crippen molar-refractivity contribution in [3.63, 3.8) is 0 Å². The molecule has 1 saturated heterocycles. The van der Waals surface area contributed by atoms with Crippen LogP contribution in [0.5, 0.6) is 0 Å². The summed E-state index contributed by atoms with van der Waals surface area (Å²) in [7, 11) is -3.93. The standard InChI is InChI=1S/C25H21Cl2N3O3S2/c1-17-3-2-4-19(11-17)25(31)29-7-9-30(10-8-29)35(32,33)24-12-18(16-28)5-6-23(24)34-22-14-20(26)13-21(27)15-22/h2-6,11-15H,7-10H2,1H3. The molecule has 1 heterocycles. The molecule has 0 unspecified atom stereocenters. The minimum absolute atomic E-state index is 0.0381. The summed E-state index contributed by atoms with van der Waals surface area (Å²) < 4.78 is 28.6. The van der Waals surface area contributed by atoms with Gasteiger partial charge in [-0.2, -0.15) is 9.57 Å². The average molecular weight is 547 g/mol. The maximum atomic E-state index is 13.6. The fourth-order valence-electron chi connectivity index (χ4n) is 3.81. The zero-order valence-electron chi connectivity index (χ0n) is 18.7. The molecule has 0 bridgehead atoms. The molecule has 180 valence electrons. The van der Waals surface area contributed by atoms with E-state index in [0.717, 1.165) is 5.56 Å². The van der Waals surface area contributed by atoms with Crippen molar-refractivity contribution < 1.29 is 13.2 Å². The van der Waals surface area contributed by atoms with Gasteiger partial charge in [-0.1, -0.05) is 52.7 Å². The van der Waals surface area contributed by atoms with Crippen LogP contribution in [-0.2, 0) is 10.0 Å². The molecule has 1 aliphatic rings. The van der Waals surface area contributed by atoms with Gasteiger partial charge in [0, 0.05) is 51.6 Å². The fourth-order valence-corrected chi connectivity index (χ4v) is 7.35. The van der Waals surface area contributed by atoms with Crippen molar-refractivity contribution in [2.24, 2.45) is 0 Å². The number of hydrogen-bond donors (Lipinski definition) is 0. The number of piperazine rings is 1. The molecule has 0 aliphatic carbocycles. The Morgan fingerprint density at radius 1 is 0.971 bits per heavy atom. The monoisotopic (exact) mass is 545 g/mol. The quantitative estimate of drug-likeness (QED) is 0.424. The van der Waals surface area contributed by atoms with Crippen molar-refractivity contribution in [3.05, 3.63) is 87.4 Å². The molecule has 4 rings (SSSR count). The van der Waals surface area contributed by atoms with Gasteiger partial charge >= 0.3 is 0 Å². The number of aryl methyl sites for hydroxylation is 1. The fraction of sp³-hybridized carbons (Fsp3) is 0.200. The molecule has 0 saturated carbocycles. The molecular formula is C25H21Cl2N3O3S2. The summed E-state index contributed by atoms with van der Waals surface area (Å²) in [5.41, 5.74) is 1.81. The van der Waals surface area contributed by atoms with Gasteiger partial charge in [0.15, 0.2) is 0 Å². The minimum atomic E-state index is -3.93. The van der Waals surface area contributed by atoms with Crippen LogP contribution in [0, 0.1) is 18.3 Å². The number of amides is 1. The van der Waals surface area contributed by atoms with E-state index in [0.29, 0.717) is 25.4 Å². The second-order valence-electron chi connectivity index (χ2n) is 8.05. The van der Waals surface area contributed by atoms with Crippen LogP contribution in [0.15, 0.2) is 75.4 Å². The van der Waals surface area contributed by atoms with E-state index in [4.69, 9.17) is 23.2 Å². The third-order valence-corrected chi connectivity index (χ3v) is 9.10. The van der Waals surface area contributed by atoms with Gasteiger partial charge in [-0.15, -0.1) is 0 Å². The Balaban J connectivity index is 1.57. The minimum Gasteiger partial charge on any atom is -0.336 e. The van der Waals surface area contributed by atoms with Gasteiger partial charge in [0.25, 0.3) is 5.91 Å². The molecule has 0 aromatic heterocycles. The highest BCUT2D eigenvalue weighted by Gasteiger charge is 2.32. The summed E-state index contributed by atoms with van der Waals surface area (Å²) >= 11 is 13.4. The van der Waals surface area contributed by atoms with Gasteiger partial charge in [-0.3, -0.25) is 4.79 Å². The summed E-state index contributed by atoms with van der Waals surface area (Å²) in [6.07, 6.45) is 0. The van der Waals surface area contributed by atoms with Gasteiger partial charge in [0.2, 0.25) is 10.0 Å². The highest BCUT2D eigenvalue weighted by atomic mass is 35.5. The van der Waals surface area contributed by atoms with E-state index in [1.807, 2.05) is 31.2 Å². The molecular weight excluding hydrogens is 525 g/mol. The van der Waals surface area contributed by atoms with Gasteiger partial charge in [0.1, 0.15) is 0 Å². The molecule has 1 fully saturated rings. The first-order chi connectivity index (χ1) is 16.7. The van der Waals surface area contributed by atoms with E-state index < -0.39 is 10.0 Å². The Morgan fingerprint density at radius 3 is 2.29 bits per heavy atom. The maximum absolute atomic E-state index is 13.6. The zero-order valence-corrected chi connectivity index (χ0v) is 21.9. The van der Waals surface area contributed by atoms with Gasteiger partial charge in [-0.05, 0) is 55.5 Å². The first kappa shape index (κ1) is 25.5. The highest BCUT2D eigenvalue weighted by Crippen LogP contribution is 2.37. The number of benzene rings is 3. The first-order valence-electron chi connectivity index (χ1n) is 10.7. The molecule has 0 atom stereocenters. The Morgan fingerprint density at radius 2 is 1.66 bits per heavy atom. The smallest absolute Gasteiger partial charge is 0.253 e. The van der Waals surface area contributed by atoms with Crippen LogP contribution >= 0.6 is 35.0 Å². The second kappa shape index (κ2) is 10.6. The SMILES string of the molecule is Cc1cccc(C(=O)N2CCN(S(=O)(=O)c3cc(C#N)ccc3Sc3cc(Cl)cc(Cl)c3)CC2)c1. The number of halogens is 2. The summed E-state index contributed by atoms with van der Waals surface area (Å²) in [6, 6.07) is 18.9. The second-order valence-corrected chi connectivity index (χ2v) is 11.9. The Kier molecular flexibility index (Phi) is 7.74. The Hall–Kier alpha value is -2.54. The van der Waals surface area contributed by atoms with Crippen LogP contribution in [-0.4, -0.2) is 49.7 Å². The number of rotatable bonds is 5. The normalized spacial score (nSPS) is 14.5. The predicted molar refractivity (Wildman–Crippen MR) is 138 cm³/mol. The van der Waals surface area contributed by atoms with Crippen LogP contribution in [0.1, 0.15) is 21.5 Å². The molecule has 10 heteroatoms. The lowest BCUT2D eigenvalue weighted by atomic mass is 10.1. The number of nitriles is 1. The molecule has 0 radical (unpaired) electrons. The highest BCUT2D eigenvalue weighted by molar-refractivity contribution is 8.00. The van der Waals surface area contributed by atoms with Crippen LogP contribution in [0.25, 0.3) is 0 Å². The Bertz CT molecular complexity index is 1410. The average Bonchev–Trinajstić information content (AvgIpc) is 2.83. The largest absolute Gasteiger partial charge is 0.336 e. The number of carbonyl (C=O) groups is 1. The zero-order chi connectivity index (χ0) is 25.2. The van der Waals surface area contributed by atoms with E-state index in [2.05, 4.69) is 0 Å². The van der Waals surface area contributed by atoms with Gasteiger partial charge < -0.3 is 4.90 Å².